The number of carbonyl (C=O) groups excluding carboxylic acids is 1. The van der Waals surface area contributed by atoms with Crippen LogP contribution in [0.4, 0.5) is 0 Å². The molecule has 128 valence electrons. The molecule has 1 saturated carbocycles. The highest BCUT2D eigenvalue weighted by Gasteiger charge is 2.37. The molecule has 0 spiro atoms. The van der Waals surface area contributed by atoms with E-state index in [1.165, 1.54) is 0 Å². The second-order valence-electron chi connectivity index (χ2n) is 6.52. The van der Waals surface area contributed by atoms with Crippen LogP contribution in [0.2, 0.25) is 10.0 Å². The van der Waals surface area contributed by atoms with Crippen molar-refractivity contribution in [3.63, 3.8) is 0 Å². The van der Waals surface area contributed by atoms with Crippen LogP contribution in [0.5, 0.6) is 0 Å². The van der Waals surface area contributed by atoms with Crippen LogP contribution < -0.4 is 5.32 Å². The van der Waals surface area contributed by atoms with Gasteiger partial charge in [-0.2, -0.15) is 0 Å². The lowest BCUT2D eigenvalue weighted by Crippen LogP contribution is -2.44. The molecule has 1 aliphatic heterocycles. The highest BCUT2D eigenvalue weighted by atomic mass is 35.5. The van der Waals surface area contributed by atoms with Crippen LogP contribution in [0.3, 0.4) is 0 Å². The molecule has 23 heavy (non-hydrogen) atoms. The maximum absolute atomic E-state index is 12.9. The SMILES string of the molecule is C[C@H]1C[C@@H](C(=O)N(Cc2ccc(Cl)c(Cl)c2)C2CC2)CCN1.Cl. The van der Waals surface area contributed by atoms with Crippen LogP contribution in [-0.2, 0) is 11.3 Å². The van der Waals surface area contributed by atoms with Crippen molar-refractivity contribution >= 4 is 41.5 Å². The van der Waals surface area contributed by atoms with Gasteiger partial charge in [-0.15, -0.1) is 12.4 Å². The minimum atomic E-state index is 0. The Kier molecular flexibility index (Phi) is 6.61. The van der Waals surface area contributed by atoms with Gasteiger partial charge in [0.15, 0.2) is 0 Å². The van der Waals surface area contributed by atoms with Crippen LogP contribution in [0.1, 0.15) is 38.2 Å². The monoisotopic (exact) mass is 376 g/mol. The molecule has 0 aromatic heterocycles. The maximum Gasteiger partial charge on any atom is 0.226 e. The van der Waals surface area contributed by atoms with Crippen molar-refractivity contribution < 1.29 is 4.79 Å². The van der Waals surface area contributed by atoms with E-state index in [0.29, 0.717) is 34.6 Å². The lowest BCUT2D eigenvalue weighted by Gasteiger charge is -2.32. The van der Waals surface area contributed by atoms with Crippen molar-refractivity contribution in [2.75, 3.05) is 6.54 Å². The number of hydrogen-bond acceptors (Lipinski definition) is 2. The Morgan fingerprint density at radius 1 is 1.26 bits per heavy atom. The molecule has 0 unspecified atom stereocenters. The lowest BCUT2D eigenvalue weighted by atomic mass is 9.91. The van der Waals surface area contributed by atoms with Gasteiger partial charge in [-0.1, -0.05) is 29.3 Å². The van der Waals surface area contributed by atoms with Crippen molar-refractivity contribution in [1.29, 1.82) is 0 Å². The van der Waals surface area contributed by atoms with Gasteiger partial charge in [0.05, 0.1) is 10.0 Å². The summed E-state index contributed by atoms with van der Waals surface area (Å²) in [7, 11) is 0. The summed E-state index contributed by atoms with van der Waals surface area (Å²) in [4.78, 5) is 15.0. The number of rotatable bonds is 4. The van der Waals surface area contributed by atoms with E-state index in [4.69, 9.17) is 23.2 Å². The second-order valence-corrected chi connectivity index (χ2v) is 7.34. The van der Waals surface area contributed by atoms with Crippen LogP contribution in [-0.4, -0.2) is 29.4 Å². The van der Waals surface area contributed by atoms with Crippen LogP contribution in [0, 0.1) is 5.92 Å². The van der Waals surface area contributed by atoms with Gasteiger partial charge >= 0.3 is 0 Å². The summed E-state index contributed by atoms with van der Waals surface area (Å²) in [5.41, 5.74) is 1.05. The van der Waals surface area contributed by atoms with Gasteiger partial charge in [0.2, 0.25) is 5.91 Å². The second kappa shape index (κ2) is 8.06. The molecule has 2 atom stereocenters. The zero-order valence-electron chi connectivity index (χ0n) is 13.2. The lowest BCUT2D eigenvalue weighted by molar-refractivity contribution is -0.138. The molecule has 1 heterocycles. The zero-order chi connectivity index (χ0) is 15.7. The van der Waals surface area contributed by atoms with Crippen LogP contribution in [0.25, 0.3) is 0 Å². The van der Waals surface area contributed by atoms with E-state index in [9.17, 15) is 4.79 Å². The normalized spacial score (nSPS) is 24.0. The molecular formula is C17H23Cl3N2O. The van der Waals surface area contributed by atoms with Gasteiger partial charge in [0.1, 0.15) is 0 Å². The molecule has 2 aliphatic rings. The average Bonchev–Trinajstić information content (AvgIpc) is 3.32. The van der Waals surface area contributed by atoms with E-state index in [1.54, 1.807) is 6.07 Å². The van der Waals surface area contributed by atoms with E-state index in [1.807, 2.05) is 12.1 Å². The predicted octanol–water partition coefficient (Wildman–Crippen LogP) is 4.29. The van der Waals surface area contributed by atoms with Crippen molar-refractivity contribution in [3.05, 3.63) is 33.8 Å². The fourth-order valence-electron chi connectivity index (χ4n) is 3.20. The largest absolute Gasteiger partial charge is 0.335 e. The number of benzene rings is 1. The molecular weight excluding hydrogens is 355 g/mol. The Balaban J connectivity index is 0.00000192. The van der Waals surface area contributed by atoms with E-state index >= 15 is 0 Å². The van der Waals surface area contributed by atoms with E-state index in [-0.39, 0.29) is 18.3 Å². The van der Waals surface area contributed by atoms with Crippen molar-refractivity contribution in [2.45, 2.75) is 51.2 Å². The van der Waals surface area contributed by atoms with E-state index in [0.717, 1.165) is 37.8 Å². The van der Waals surface area contributed by atoms with E-state index in [2.05, 4.69) is 17.1 Å². The molecule has 3 nitrogen and oxygen atoms in total. The summed E-state index contributed by atoms with van der Waals surface area (Å²) in [5, 5.41) is 4.52. The van der Waals surface area contributed by atoms with Crippen molar-refractivity contribution in [2.24, 2.45) is 5.92 Å². The number of carbonyl (C=O) groups is 1. The quantitative estimate of drug-likeness (QED) is 0.848. The standard InChI is InChI=1S/C17H22Cl2N2O.ClH/c1-11-8-13(6-7-20-11)17(22)21(14-3-4-14)10-12-2-5-15(18)16(19)9-12;/h2,5,9,11,13-14,20H,3-4,6-8,10H2,1H3;1H/t11-,13-;/m0./s1. The first kappa shape index (κ1) is 18.9. The molecule has 0 bridgehead atoms. The minimum Gasteiger partial charge on any atom is -0.335 e. The van der Waals surface area contributed by atoms with Gasteiger partial charge in [-0.3, -0.25) is 4.79 Å². The molecule has 1 N–H and O–H groups in total. The Hall–Kier alpha value is -0.480. The molecule has 0 radical (unpaired) electrons. The number of amides is 1. The summed E-state index contributed by atoms with van der Waals surface area (Å²) in [6.45, 7) is 3.72. The van der Waals surface area contributed by atoms with Gasteiger partial charge in [-0.05, 0) is 56.8 Å². The number of piperidine rings is 1. The zero-order valence-corrected chi connectivity index (χ0v) is 15.6. The average molecular weight is 378 g/mol. The molecule has 1 amide bonds. The minimum absolute atomic E-state index is 0. The number of halogens is 3. The molecule has 3 rings (SSSR count). The Labute approximate surface area is 154 Å². The third kappa shape index (κ3) is 4.76. The van der Waals surface area contributed by atoms with Gasteiger partial charge in [0.25, 0.3) is 0 Å². The number of nitrogens with zero attached hydrogens (tertiary/aromatic N) is 1. The fourth-order valence-corrected chi connectivity index (χ4v) is 3.52. The Morgan fingerprint density at radius 3 is 2.61 bits per heavy atom. The summed E-state index contributed by atoms with van der Waals surface area (Å²) in [5.74, 6) is 0.460. The summed E-state index contributed by atoms with van der Waals surface area (Å²) in [6.07, 6.45) is 4.11. The molecule has 6 heteroatoms. The summed E-state index contributed by atoms with van der Waals surface area (Å²) >= 11 is 12.1. The highest BCUT2D eigenvalue weighted by Crippen LogP contribution is 2.32. The molecule has 1 aliphatic carbocycles. The summed E-state index contributed by atoms with van der Waals surface area (Å²) < 4.78 is 0. The maximum atomic E-state index is 12.9. The first-order valence-electron chi connectivity index (χ1n) is 8.02. The molecule has 1 aromatic rings. The smallest absolute Gasteiger partial charge is 0.226 e. The van der Waals surface area contributed by atoms with Gasteiger partial charge < -0.3 is 10.2 Å². The molecule has 1 aromatic carbocycles. The summed E-state index contributed by atoms with van der Waals surface area (Å²) in [6, 6.07) is 6.47. The van der Waals surface area contributed by atoms with Crippen LogP contribution >= 0.6 is 35.6 Å². The Morgan fingerprint density at radius 2 is 2.00 bits per heavy atom. The first-order chi connectivity index (χ1) is 10.5. The third-order valence-corrected chi connectivity index (χ3v) is 5.32. The van der Waals surface area contributed by atoms with E-state index < -0.39 is 0 Å². The number of nitrogens with one attached hydrogen (secondary N) is 1. The third-order valence-electron chi connectivity index (χ3n) is 4.58. The van der Waals surface area contributed by atoms with Crippen molar-refractivity contribution in [1.82, 2.24) is 10.2 Å². The van der Waals surface area contributed by atoms with Gasteiger partial charge in [0, 0.05) is 24.5 Å². The van der Waals surface area contributed by atoms with Crippen LogP contribution in [0.15, 0.2) is 18.2 Å². The van der Waals surface area contributed by atoms with Crippen molar-refractivity contribution in [3.8, 4) is 0 Å². The topological polar surface area (TPSA) is 32.3 Å². The fraction of sp³-hybridized carbons (Fsp3) is 0.588. The molecule has 2 fully saturated rings. The van der Waals surface area contributed by atoms with Gasteiger partial charge in [-0.25, -0.2) is 0 Å². The molecule has 1 saturated heterocycles. The highest BCUT2D eigenvalue weighted by molar-refractivity contribution is 6.42. The Bertz CT molecular complexity index is 563. The first-order valence-corrected chi connectivity index (χ1v) is 8.78. The number of hydrogen-bond donors (Lipinski definition) is 1. The predicted molar refractivity (Wildman–Crippen MR) is 97.5 cm³/mol.